The molecule has 7 nitrogen and oxygen atoms in total. The first-order valence-electron chi connectivity index (χ1n) is 10.3. The molecule has 0 unspecified atom stereocenters. The number of nitrogens with zero attached hydrogens (tertiary/aromatic N) is 5. The molecule has 2 saturated heterocycles. The summed E-state index contributed by atoms with van der Waals surface area (Å²) in [4.78, 5) is 18.7. The van der Waals surface area contributed by atoms with Crippen molar-refractivity contribution in [2.45, 2.75) is 45.2 Å². The third-order valence-electron chi connectivity index (χ3n) is 5.63. The maximum atomic E-state index is 5.28. The Bertz CT molecular complexity index is 784. The molecule has 0 atom stereocenters. The highest BCUT2D eigenvalue weighted by atomic mass is 16.5. The fourth-order valence-electron chi connectivity index (χ4n) is 4.00. The van der Waals surface area contributed by atoms with Crippen LogP contribution in [0.15, 0.2) is 24.4 Å². The Hall–Kier alpha value is -2.41. The smallest absolute Gasteiger partial charge is 0.227 e. The van der Waals surface area contributed by atoms with Crippen LogP contribution in [-0.2, 0) is 6.54 Å². The third-order valence-corrected chi connectivity index (χ3v) is 5.63. The van der Waals surface area contributed by atoms with Crippen molar-refractivity contribution >= 4 is 11.8 Å². The summed E-state index contributed by atoms with van der Waals surface area (Å²) in [6, 6.07) is 6.49. The van der Waals surface area contributed by atoms with Gasteiger partial charge in [0.05, 0.1) is 12.8 Å². The Morgan fingerprint density at radius 2 is 1.86 bits per heavy atom. The number of hydrogen-bond acceptors (Lipinski definition) is 7. The Balaban J connectivity index is 1.32. The van der Waals surface area contributed by atoms with Crippen LogP contribution in [0.4, 0.5) is 11.8 Å². The number of rotatable bonds is 6. The van der Waals surface area contributed by atoms with Gasteiger partial charge in [-0.25, -0.2) is 4.98 Å². The SMILES string of the molecule is COc1ccnc(CNC2CCN(c3cc(C)nc(N4CCCC4)n3)CC2)c1. The lowest BCUT2D eigenvalue weighted by Crippen LogP contribution is -2.42. The van der Waals surface area contributed by atoms with Gasteiger partial charge in [-0.15, -0.1) is 0 Å². The van der Waals surface area contributed by atoms with Gasteiger partial charge in [0, 0.05) is 62.8 Å². The number of pyridine rings is 1. The minimum atomic E-state index is 0.505. The minimum Gasteiger partial charge on any atom is -0.497 e. The predicted octanol–water partition coefficient (Wildman–Crippen LogP) is 2.55. The van der Waals surface area contributed by atoms with Gasteiger partial charge in [0.25, 0.3) is 0 Å². The van der Waals surface area contributed by atoms with E-state index in [9.17, 15) is 0 Å². The van der Waals surface area contributed by atoms with Gasteiger partial charge in [-0.1, -0.05) is 0 Å². The first kappa shape index (κ1) is 18.9. The van der Waals surface area contributed by atoms with Gasteiger partial charge in [0.15, 0.2) is 0 Å². The number of aryl methyl sites for hydroxylation is 1. The van der Waals surface area contributed by atoms with E-state index in [2.05, 4.69) is 38.1 Å². The second-order valence-corrected chi connectivity index (χ2v) is 7.69. The summed E-state index contributed by atoms with van der Waals surface area (Å²) >= 11 is 0. The second-order valence-electron chi connectivity index (χ2n) is 7.69. The summed E-state index contributed by atoms with van der Waals surface area (Å²) in [5.74, 6) is 2.83. The Morgan fingerprint density at radius 1 is 1.07 bits per heavy atom. The molecule has 4 heterocycles. The van der Waals surface area contributed by atoms with Crippen LogP contribution in [0, 0.1) is 6.92 Å². The zero-order chi connectivity index (χ0) is 19.3. The van der Waals surface area contributed by atoms with E-state index in [-0.39, 0.29) is 0 Å². The van der Waals surface area contributed by atoms with Crippen LogP contribution in [0.1, 0.15) is 37.1 Å². The van der Waals surface area contributed by atoms with Gasteiger partial charge in [-0.05, 0) is 38.7 Å². The lowest BCUT2D eigenvalue weighted by molar-refractivity contribution is 0.404. The van der Waals surface area contributed by atoms with E-state index in [4.69, 9.17) is 9.72 Å². The molecule has 1 N–H and O–H groups in total. The highest BCUT2D eigenvalue weighted by Crippen LogP contribution is 2.23. The molecular formula is C21H30N6O. The zero-order valence-corrected chi connectivity index (χ0v) is 16.9. The van der Waals surface area contributed by atoms with E-state index >= 15 is 0 Å². The minimum absolute atomic E-state index is 0.505. The molecule has 0 amide bonds. The molecule has 0 aliphatic carbocycles. The van der Waals surface area contributed by atoms with E-state index in [0.29, 0.717) is 6.04 Å². The average Bonchev–Trinajstić information content (AvgIpc) is 3.27. The van der Waals surface area contributed by atoms with Gasteiger partial charge < -0.3 is 19.9 Å². The van der Waals surface area contributed by atoms with E-state index in [1.54, 1.807) is 13.3 Å². The molecule has 28 heavy (non-hydrogen) atoms. The van der Waals surface area contributed by atoms with Crippen molar-refractivity contribution in [1.82, 2.24) is 20.3 Å². The Kier molecular flexibility index (Phi) is 5.90. The number of hydrogen-bond donors (Lipinski definition) is 1. The van der Waals surface area contributed by atoms with Crippen LogP contribution in [0.3, 0.4) is 0 Å². The molecule has 2 aliphatic heterocycles. The number of methoxy groups -OCH3 is 1. The molecule has 2 fully saturated rings. The molecule has 0 spiro atoms. The molecule has 150 valence electrons. The number of nitrogens with one attached hydrogen (secondary N) is 1. The fourth-order valence-corrected chi connectivity index (χ4v) is 4.00. The first-order chi connectivity index (χ1) is 13.7. The Morgan fingerprint density at radius 3 is 2.61 bits per heavy atom. The van der Waals surface area contributed by atoms with Crippen LogP contribution in [-0.4, -0.2) is 54.3 Å². The highest BCUT2D eigenvalue weighted by molar-refractivity contribution is 5.46. The number of anilines is 2. The van der Waals surface area contributed by atoms with Crippen LogP contribution < -0.4 is 19.9 Å². The topological polar surface area (TPSA) is 66.4 Å². The van der Waals surface area contributed by atoms with Gasteiger partial charge in [-0.2, -0.15) is 4.98 Å². The second kappa shape index (κ2) is 8.73. The lowest BCUT2D eigenvalue weighted by Gasteiger charge is -2.33. The maximum Gasteiger partial charge on any atom is 0.227 e. The van der Waals surface area contributed by atoms with E-state index in [1.165, 1.54) is 12.8 Å². The standard InChI is InChI=1S/C21H30N6O/c1-16-13-20(25-21(24-16)27-9-3-4-10-27)26-11-6-17(7-12-26)23-15-18-14-19(28-2)5-8-22-18/h5,8,13-14,17,23H,3-4,6-7,9-12,15H2,1-2H3. The molecule has 2 aliphatic rings. The normalized spacial score (nSPS) is 17.9. The molecule has 2 aromatic heterocycles. The van der Waals surface area contributed by atoms with E-state index < -0.39 is 0 Å². The Labute approximate surface area is 167 Å². The molecule has 0 bridgehead atoms. The highest BCUT2D eigenvalue weighted by Gasteiger charge is 2.22. The maximum absolute atomic E-state index is 5.28. The van der Waals surface area contributed by atoms with E-state index in [0.717, 1.165) is 74.5 Å². The van der Waals surface area contributed by atoms with Gasteiger partial charge in [-0.3, -0.25) is 4.98 Å². The molecule has 2 aromatic rings. The molecule has 7 heteroatoms. The van der Waals surface area contributed by atoms with E-state index in [1.807, 2.05) is 12.1 Å². The fraction of sp³-hybridized carbons (Fsp3) is 0.571. The summed E-state index contributed by atoms with van der Waals surface area (Å²) in [6.45, 7) is 7.02. The van der Waals surface area contributed by atoms with Crippen molar-refractivity contribution in [1.29, 1.82) is 0 Å². The van der Waals surface area contributed by atoms with Crippen molar-refractivity contribution in [3.05, 3.63) is 35.8 Å². The quantitative estimate of drug-likeness (QED) is 0.823. The molecular weight excluding hydrogens is 352 g/mol. The number of ether oxygens (including phenoxy) is 1. The monoisotopic (exact) mass is 382 g/mol. The summed E-state index contributed by atoms with van der Waals surface area (Å²) in [5.41, 5.74) is 2.07. The lowest BCUT2D eigenvalue weighted by atomic mass is 10.0. The largest absolute Gasteiger partial charge is 0.497 e. The van der Waals surface area contributed by atoms with Crippen molar-refractivity contribution in [3.8, 4) is 5.75 Å². The van der Waals surface area contributed by atoms with Crippen LogP contribution in [0.2, 0.25) is 0 Å². The van der Waals surface area contributed by atoms with Crippen LogP contribution in [0.25, 0.3) is 0 Å². The first-order valence-corrected chi connectivity index (χ1v) is 10.3. The number of piperidine rings is 1. The van der Waals surface area contributed by atoms with Crippen molar-refractivity contribution in [3.63, 3.8) is 0 Å². The van der Waals surface area contributed by atoms with Gasteiger partial charge in [0.2, 0.25) is 5.95 Å². The van der Waals surface area contributed by atoms with Gasteiger partial charge >= 0.3 is 0 Å². The summed E-state index contributed by atoms with van der Waals surface area (Å²) in [6.07, 6.45) is 6.49. The van der Waals surface area contributed by atoms with Crippen LogP contribution >= 0.6 is 0 Å². The zero-order valence-electron chi connectivity index (χ0n) is 16.9. The van der Waals surface area contributed by atoms with Crippen molar-refractivity contribution in [2.24, 2.45) is 0 Å². The number of aromatic nitrogens is 3. The molecule has 0 saturated carbocycles. The van der Waals surface area contributed by atoms with Crippen LogP contribution in [0.5, 0.6) is 5.75 Å². The summed E-state index contributed by atoms with van der Waals surface area (Å²) in [7, 11) is 1.69. The third kappa shape index (κ3) is 4.52. The molecule has 4 rings (SSSR count). The van der Waals surface area contributed by atoms with Gasteiger partial charge in [0.1, 0.15) is 11.6 Å². The molecule has 0 aromatic carbocycles. The van der Waals surface area contributed by atoms with Crippen molar-refractivity contribution in [2.75, 3.05) is 43.1 Å². The van der Waals surface area contributed by atoms with Crippen molar-refractivity contribution < 1.29 is 4.74 Å². The summed E-state index contributed by atoms with van der Waals surface area (Å²) < 4.78 is 5.28. The molecule has 0 radical (unpaired) electrons. The predicted molar refractivity (Wildman–Crippen MR) is 111 cm³/mol. The average molecular weight is 383 g/mol. The summed E-state index contributed by atoms with van der Waals surface area (Å²) in [5, 5.41) is 3.64.